The number of nitrogens with two attached hydrogens (primary N) is 1. The zero-order valence-electron chi connectivity index (χ0n) is 10.5. The summed E-state index contributed by atoms with van der Waals surface area (Å²) in [5, 5.41) is 12.2. The van der Waals surface area contributed by atoms with Gasteiger partial charge in [-0.2, -0.15) is 5.26 Å². The van der Waals surface area contributed by atoms with Crippen LogP contribution in [0.5, 0.6) is 11.5 Å². The number of hydrogen-bond donors (Lipinski definition) is 2. The summed E-state index contributed by atoms with van der Waals surface area (Å²) in [5.41, 5.74) is 7.40. The Kier molecular flexibility index (Phi) is 2.77. The standard InChI is InChI=1S/C15H11N3O2/c16-8-10(15(17)19)9-5-6-12-14(7-9)20-13-4-2-1-3-11(13)18-12/h1-7,10,18H,(H2,17,19). The third kappa shape index (κ3) is 1.93. The smallest absolute Gasteiger partial charge is 0.239 e. The normalized spacial score (nSPS) is 12.9. The van der Waals surface area contributed by atoms with Crippen LogP contribution in [-0.4, -0.2) is 5.91 Å². The second-order valence-corrected chi connectivity index (χ2v) is 4.44. The van der Waals surface area contributed by atoms with E-state index in [4.69, 9.17) is 15.7 Å². The molecule has 0 spiro atoms. The van der Waals surface area contributed by atoms with Crippen LogP contribution in [0.15, 0.2) is 42.5 Å². The molecule has 1 heterocycles. The van der Waals surface area contributed by atoms with E-state index in [0.29, 0.717) is 17.1 Å². The SMILES string of the molecule is N#CC(C(N)=O)c1ccc2c(c1)Oc1ccccc1N2. The predicted octanol–water partition coefficient (Wildman–Crippen LogP) is 2.63. The Hall–Kier alpha value is -3.00. The quantitative estimate of drug-likeness (QED) is 0.745. The van der Waals surface area contributed by atoms with Gasteiger partial charge < -0.3 is 15.8 Å². The Balaban J connectivity index is 2.00. The van der Waals surface area contributed by atoms with E-state index in [2.05, 4.69) is 5.32 Å². The van der Waals surface area contributed by atoms with Crippen LogP contribution in [0.3, 0.4) is 0 Å². The van der Waals surface area contributed by atoms with E-state index in [1.165, 1.54) is 0 Å². The Morgan fingerprint density at radius 3 is 2.70 bits per heavy atom. The molecule has 20 heavy (non-hydrogen) atoms. The number of amides is 1. The first kappa shape index (κ1) is 12.1. The summed E-state index contributed by atoms with van der Waals surface area (Å²) in [4.78, 5) is 11.2. The van der Waals surface area contributed by atoms with E-state index < -0.39 is 11.8 Å². The maximum Gasteiger partial charge on any atom is 0.239 e. The van der Waals surface area contributed by atoms with E-state index in [-0.39, 0.29) is 0 Å². The van der Waals surface area contributed by atoms with Crippen LogP contribution in [0.25, 0.3) is 0 Å². The van der Waals surface area contributed by atoms with Crippen molar-refractivity contribution >= 4 is 17.3 Å². The fourth-order valence-electron chi connectivity index (χ4n) is 2.13. The maximum absolute atomic E-state index is 11.2. The summed E-state index contributed by atoms with van der Waals surface area (Å²) in [7, 11) is 0. The van der Waals surface area contributed by atoms with Gasteiger partial charge in [-0.3, -0.25) is 4.79 Å². The largest absolute Gasteiger partial charge is 0.453 e. The minimum atomic E-state index is -0.971. The molecule has 3 N–H and O–H groups in total. The van der Waals surface area contributed by atoms with Crippen LogP contribution in [0, 0.1) is 11.3 Å². The fraction of sp³-hybridized carbons (Fsp3) is 0.0667. The summed E-state index contributed by atoms with van der Waals surface area (Å²) >= 11 is 0. The number of carbonyl (C=O) groups excluding carboxylic acids is 1. The molecular weight excluding hydrogens is 254 g/mol. The van der Waals surface area contributed by atoms with Crippen molar-refractivity contribution in [1.29, 1.82) is 5.26 Å². The maximum atomic E-state index is 11.2. The average Bonchev–Trinajstić information content (AvgIpc) is 2.45. The van der Waals surface area contributed by atoms with Crippen molar-refractivity contribution in [2.45, 2.75) is 5.92 Å². The zero-order valence-corrected chi connectivity index (χ0v) is 10.5. The summed E-state index contributed by atoms with van der Waals surface area (Å²) in [5.74, 6) is -0.370. The van der Waals surface area contributed by atoms with Crippen molar-refractivity contribution in [3.05, 3.63) is 48.0 Å². The second-order valence-electron chi connectivity index (χ2n) is 4.44. The van der Waals surface area contributed by atoms with Gasteiger partial charge in [0.1, 0.15) is 5.92 Å². The molecule has 0 saturated heterocycles. The average molecular weight is 265 g/mol. The molecule has 3 rings (SSSR count). The van der Waals surface area contributed by atoms with Gasteiger partial charge in [-0.15, -0.1) is 0 Å². The van der Waals surface area contributed by atoms with Gasteiger partial charge in [0.25, 0.3) is 0 Å². The highest BCUT2D eigenvalue weighted by Gasteiger charge is 2.21. The van der Waals surface area contributed by atoms with Gasteiger partial charge in [0.05, 0.1) is 17.4 Å². The number of rotatable bonds is 2. The summed E-state index contributed by atoms with van der Waals surface area (Å²) in [6, 6.07) is 14.6. The highest BCUT2D eigenvalue weighted by atomic mass is 16.5. The van der Waals surface area contributed by atoms with Crippen molar-refractivity contribution in [3.63, 3.8) is 0 Å². The van der Waals surface area contributed by atoms with Gasteiger partial charge >= 0.3 is 0 Å². The second kappa shape index (κ2) is 4.59. The highest BCUT2D eigenvalue weighted by Crippen LogP contribution is 2.42. The predicted molar refractivity (Wildman–Crippen MR) is 73.8 cm³/mol. The number of para-hydroxylation sites is 2. The Morgan fingerprint density at radius 2 is 1.95 bits per heavy atom. The lowest BCUT2D eigenvalue weighted by Gasteiger charge is -2.22. The first-order chi connectivity index (χ1) is 9.69. The Bertz CT molecular complexity index is 734. The van der Waals surface area contributed by atoms with E-state index >= 15 is 0 Å². The van der Waals surface area contributed by atoms with Gasteiger partial charge in [0.15, 0.2) is 11.5 Å². The van der Waals surface area contributed by atoms with Crippen LogP contribution in [0.2, 0.25) is 0 Å². The third-order valence-corrected chi connectivity index (χ3v) is 3.13. The monoisotopic (exact) mass is 265 g/mol. The number of anilines is 2. The number of nitrogens with one attached hydrogen (secondary N) is 1. The van der Waals surface area contributed by atoms with Crippen molar-refractivity contribution in [1.82, 2.24) is 0 Å². The van der Waals surface area contributed by atoms with Gasteiger partial charge in [-0.05, 0) is 29.8 Å². The van der Waals surface area contributed by atoms with Crippen LogP contribution in [0.4, 0.5) is 11.4 Å². The van der Waals surface area contributed by atoms with Crippen LogP contribution < -0.4 is 15.8 Å². The third-order valence-electron chi connectivity index (χ3n) is 3.13. The van der Waals surface area contributed by atoms with Crippen LogP contribution >= 0.6 is 0 Å². The lowest BCUT2D eigenvalue weighted by atomic mass is 9.99. The van der Waals surface area contributed by atoms with Crippen LogP contribution in [0.1, 0.15) is 11.5 Å². The number of benzene rings is 2. The molecule has 1 aliphatic rings. The molecule has 1 amide bonds. The number of primary amides is 1. The molecule has 0 saturated carbocycles. The molecule has 1 unspecified atom stereocenters. The Labute approximate surface area is 115 Å². The van der Waals surface area contributed by atoms with Gasteiger partial charge in [0.2, 0.25) is 5.91 Å². The minimum Gasteiger partial charge on any atom is -0.453 e. The summed E-state index contributed by atoms with van der Waals surface area (Å²) in [6.45, 7) is 0. The lowest BCUT2D eigenvalue weighted by molar-refractivity contribution is -0.118. The topological polar surface area (TPSA) is 88.1 Å². The molecule has 0 fully saturated rings. The van der Waals surface area contributed by atoms with Crippen molar-refractivity contribution in [2.24, 2.45) is 5.73 Å². The molecule has 5 heteroatoms. The number of carbonyl (C=O) groups is 1. The minimum absolute atomic E-state index is 0.528. The van der Waals surface area contributed by atoms with E-state index in [9.17, 15) is 4.79 Å². The molecule has 1 aliphatic heterocycles. The van der Waals surface area contributed by atoms with E-state index in [1.807, 2.05) is 30.3 Å². The molecule has 2 aromatic rings. The van der Waals surface area contributed by atoms with E-state index in [0.717, 1.165) is 11.4 Å². The number of hydrogen-bond acceptors (Lipinski definition) is 4. The van der Waals surface area contributed by atoms with Crippen LogP contribution in [-0.2, 0) is 4.79 Å². The molecule has 1 atom stereocenters. The van der Waals surface area contributed by atoms with Gasteiger partial charge in [0, 0.05) is 0 Å². The molecule has 0 bridgehead atoms. The van der Waals surface area contributed by atoms with Crippen molar-refractivity contribution in [2.75, 3.05) is 5.32 Å². The molecule has 98 valence electrons. The van der Waals surface area contributed by atoms with Crippen molar-refractivity contribution < 1.29 is 9.53 Å². The van der Waals surface area contributed by atoms with E-state index in [1.54, 1.807) is 18.2 Å². The number of nitriles is 1. The molecule has 5 nitrogen and oxygen atoms in total. The first-order valence-corrected chi connectivity index (χ1v) is 6.06. The zero-order chi connectivity index (χ0) is 14.1. The fourth-order valence-corrected chi connectivity index (χ4v) is 2.13. The number of ether oxygens (including phenoxy) is 1. The number of nitrogens with zero attached hydrogens (tertiary/aromatic N) is 1. The highest BCUT2D eigenvalue weighted by molar-refractivity contribution is 5.85. The summed E-state index contributed by atoms with van der Waals surface area (Å²) in [6.07, 6.45) is 0. The molecule has 2 aromatic carbocycles. The lowest BCUT2D eigenvalue weighted by Crippen LogP contribution is -2.20. The first-order valence-electron chi connectivity index (χ1n) is 6.06. The Morgan fingerprint density at radius 1 is 1.20 bits per heavy atom. The van der Waals surface area contributed by atoms with Gasteiger partial charge in [-0.25, -0.2) is 0 Å². The molecule has 0 aromatic heterocycles. The van der Waals surface area contributed by atoms with Gasteiger partial charge in [-0.1, -0.05) is 18.2 Å². The van der Waals surface area contributed by atoms with Crippen molar-refractivity contribution in [3.8, 4) is 17.6 Å². The molecule has 0 radical (unpaired) electrons. The molecule has 0 aliphatic carbocycles. The summed E-state index contributed by atoms with van der Waals surface area (Å²) < 4.78 is 5.77. The number of fused-ring (bicyclic) bond motifs is 2. The molecular formula is C15H11N3O2.